The third kappa shape index (κ3) is 6.42. The number of hydrogen-bond donors (Lipinski definition) is 2. The normalized spacial score (nSPS) is 13.0. The number of halogens is 1. The van der Waals surface area contributed by atoms with Crippen molar-refractivity contribution < 1.29 is 4.74 Å². The quantitative estimate of drug-likeness (QED) is 0.406. The van der Waals surface area contributed by atoms with Gasteiger partial charge in [-0.05, 0) is 51.2 Å². The molecule has 1 aromatic carbocycles. The maximum atomic E-state index is 5.98. The lowest BCUT2D eigenvalue weighted by molar-refractivity contribution is 0.296. The Morgan fingerprint density at radius 1 is 1.23 bits per heavy atom. The van der Waals surface area contributed by atoms with E-state index in [1.165, 1.54) is 18.4 Å². The minimum atomic E-state index is 0. The van der Waals surface area contributed by atoms with Gasteiger partial charge in [-0.2, -0.15) is 0 Å². The summed E-state index contributed by atoms with van der Waals surface area (Å²) in [5, 5.41) is 6.49. The molecule has 4 nitrogen and oxygen atoms in total. The molecule has 22 heavy (non-hydrogen) atoms. The second kappa shape index (κ2) is 9.92. The molecule has 124 valence electrons. The van der Waals surface area contributed by atoms with Crippen LogP contribution in [0.15, 0.2) is 23.2 Å². The van der Waals surface area contributed by atoms with Gasteiger partial charge in [0.2, 0.25) is 0 Å². The van der Waals surface area contributed by atoms with Gasteiger partial charge in [0.15, 0.2) is 5.96 Å². The van der Waals surface area contributed by atoms with E-state index in [-0.39, 0.29) is 24.0 Å². The van der Waals surface area contributed by atoms with Crippen LogP contribution in [0.1, 0.15) is 37.8 Å². The Labute approximate surface area is 151 Å². The van der Waals surface area contributed by atoms with Gasteiger partial charge in [0.25, 0.3) is 0 Å². The smallest absolute Gasteiger partial charge is 0.191 e. The van der Waals surface area contributed by atoms with Gasteiger partial charge in [-0.25, -0.2) is 4.99 Å². The molecule has 1 aliphatic carbocycles. The topological polar surface area (TPSA) is 45.7 Å². The molecular weight excluding hydrogens is 389 g/mol. The molecule has 1 aliphatic rings. The standard InChI is InChI=1S/C17H27N3O.HI/c1-4-18-17(19-5-2)20-11-15-9-6-13(3)10-16(15)21-12-14-7-8-14;/h6,9-10,14H,4-5,7-8,11-12H2,1-3H3,(H2,18,19,20);1H. The number of nitrogens with one attached hydrogen (secondary N) is 2. The van der Waals surface area contributed by atoms with E-state index in [4.69, 9.17) is 4.74 Å². The Bertz CT molecular complexity index is 479. The van der Waals surface area contributed by atoms with Crippen LogP contribution in [0.25, 0.3) is 0 Å². The van der Waals surface area contributed by atoms with Crippen molar-refractivity contribution in [3.63, 3.8) is 0 Å². The Morgan fingerprint density at radius 3 is 2.50 bits per heavy atom. The summed E-state index contributed by atoms with van der Waals surface area (Å²) in [6.07, 6.45) is 2.62. The molecule has 1 aromatic rings. The number of guanidine groups is 1. The fourth-order valence-electron chi connectivity index (χ4n) is 2.09. The predicted molar refractivity (Wildman–Crippen MR) is 103 cm³/mol. The molecule has 0 atom stereocenters. The Balaban J connectivity index is 0.00000242. The van der Waals surface area contributed by atoms with Crippen molar-refractivity contribution in [1.29, 1.82) is 0 Å². The zero-order valence-electron chi connectivity index (χ0n) is 13.8. The van der Waals surface area contributed by atoms with Crippen molar-refractivity contribution in [2.75, 3.05) is 19.7 Å². The van der Waals surface area contributed by atoms with Crippen molar-refractivity contribution in [2.24, 2.45) is 10.9 Å². The monoisotopic (exact) mass is 417 g/mol. The summed E-state index contributed by atoms with van der Waals surface area (Å²) >= 11 is 0. The number of nitrogens with zero attached hydrogens (tertiary/aromatic N) is 1. The van der Waals surface area contributed by atoms with Gasteiger partial charge in [0.05, 0.1) is 13.2 Å². The van der Waals surface area contributed by atoms with E-state index in [9.17, 15) is 0 Å². The third-order valence-corrected chi connectivity index (χ3v) is 3.49. The average molecular weight is 417 g/mol. The van der Waals surface area contributed by atoms with Crippen LogP contribution in [0, 0.1) is 12.8 Å². The summed E-state index contributed by atoms with van der Waals surface area (Å²) in [5.74, 6) is 2.60. The van der Waals surface area contributed by atoms with Crippen LogP contribution in [0.4, 0.5) is 0 Å². The van der Waals surface area contributed by atoms with Crippen LogP contribution in [-0.4, -0.2) is 25.7 Å². The lowest BCUT2D eigenvalue weighted by Crippen LogP contribution is -2.36. The van der Waals surface area contributed by atoms with E-state index < -0.39 is 0 Å². The highest BCUT2D eigenvalue weighted by molar-refractivity contribution is 14.0. The van der Waals surface area contributed by atoms with Crippen molar-refractivity contribution in [3.8, 4) is 5.75 Å². The Morgan fingerprint density at radius 2 is 1.91 bits per heavy atom. The molecule has 0 spiro atoms. The summed E-state index contributed by atoms with van der Waals surface area (Å²) in [4.78, 5) is 4.62. The lowest BCUT2D eigenvalue weighted by atomic mass is 10.1. The molecule has 0 aliphatic heterocycles. The van der Waals surface area contributed by atoms with E-state index in [1.54, 1.807) is 0 Å². The Kier molecular flexibility index (Phi) is 8.60. The van der Waals surface area contributed by atoms with Gasteiger partial charge in [-0.15, -0.1) is 24.0 Å². The summed E-state index contributed by atoms with van der Waals surface area (Å²) in [5.41, 5.74) is 2.38. The van der Waals surface area contributed by atoms with Gasteiger partial charge in [0.1, 0.15) is 5.75 Å². The lowest BCUT2D eigenvalue weighted by Gasteiger charge is -2.13. The van der Waals surface area contributed by atoms with Gasteiger partial charge >= 0.3 is 0 Å². The van der Waals surface area contributed by atoms with Crippen molar-refractivity contribution in [3.05, 3.63) is 29.3 Å². The molecule has 0 aromatic heterocycles. The summed E-state index contributed by atoms with van der Waals surface area (Å²) in [6, 6.07) is 6.36. The molecule has 0 radical (unpaired) electrons. The third-order valence-electron chi connectivity index (χ3n) is 3.49. The minimum Gasteiger partial charge on any atom is -0.493 e. The van der Waals surface area contributed by atoms with Crippen LogP contribution in [-0.2, 0) is 6.54 Å². The van der Waals surface area contributed by atoms with Crippen LogP contribution < -0.4 is 15.4 Å². The molecule has 0 heterocycles. The maximum Gasteiger partial charge on any atom is 0.191 e. The molecule has 0 amide bonds. The summed E-state index contributed by atoms with van der Waals surface area (Å²) in [7, 11) is 0. The highest BCUT2D eigenvalue weighted by Crippen LogP contribution is 2.30. The molecule has 0 saturated heterocycles. The largest absolute Gasteiger partial charge is 0.493 e. The molecule has 1 fully saturated rings. The molecule has 0 bridgehead atoms. The van der Waals surface area contributed by atoms with Crippen LogP contribution >= 0.6 is 24.0 Å². The summed E-state index contributed by atoms with van der Waals surface area (Å²) < 4.78 is 5.98. The predicted octanol–water partition coefficient (Wildman–Crippen LogP) is 3.48. The first-order chi connectivity index (χ1) is 10.2. The van der Waals surface area contributed by atoms with Gasteiger partial charge in [-0.1, -0.05) is 12.1 Å². The zero-order valence-corrected chi connectivity index (χ0v) is 16.1. The molecule has 2 N–H and O–H groups in total. The number of ether oxygens (including phenoxy) is 1. The average Bonchev–Trinajstić information content (AvgIpc) is 3.28. The molecule has 2 rings (SSSR count). The highest BCUT2D eigenvalue weighted by atomic mass is 127. The number of aliphatic imine (C=N–C) groups is 1. The first-order valence-electron chi connectivity index (χ1n) is 7.97. The van der Waals surface area contributed by atoms with E-state index in [0.717, 1.165) is 42.9 Å². The Hall–Kier alpha value is -0.980. The van der Waals surface area contributed by atoms with Crippen LogP contribution in [0.3, 0.4) is 0 Å². The number of rotatable bonds is 7. The zero-order chi connectivity index (χ0) is 15.1. The first kappa shape index (κ1) is 19.1. The van der Waals surface area contributed by atoms with Crippen molar-refractivity contribution in [2.45, 2.75) is 40.2 Å². The SMILES string of the molecule is CCNC(=NCc1ccc(C)cc1OCC1CC1)NCC.I. The molecule has 1 saturated carbocycles. The molecule has 0 unspecified atom stereocenters. The minimum absolute atomic E-state index is 0. The molecule has 5 heteroatoms. The van der Waals surface area contributed by atoms with Crippen LogP contribution in [0.5, 0.6) is 5.75 Å². The van der Waals surface area contributed by atoms with Crippen molar-refractivity contribution >= 4 is 29.9 Å². The van der Waals surface area contributed by atoms with Gasteiger partial charge in [-0.3, -0.25) is 0 Å². The van der Waals surface area contributed by atoms with Gasteiger partial charge < -0.3 is 15.4 Å². The van der Waals surface area contributed by atoms with Crippen LogP contribution in [0.2, 0.25) is 0 Å². The first-order valence-corrected chi connectivity index (χ1v) is 7.97. The highest BCUT2D eigenvalue weighted by Gasteiger charge is 2.22. The van der Waals surface area contributed by atoms with Gasteiger partial charge in [0, 0.05) is 18.7 Å². The number of benzene rings is 1. The van der Waals surface area contributed by atoms with E-state index in [2.05, 4.69) is 54.6 Å². The molecular formula is C17H28IN3O. The van der Waals surface area contributed by atoms with Crippen molar-refractivity contribution in [1.82, 2.24) is 10.6 Å². The fraction of sp³-hybridized carbons (Fsp3) is 0.588. The summed E-state index contributed by atoms with van der Waals surface area (Å²) in [6.45, 7) is 9.45. The maximum absolute atomic E-state index is 5.98. The van der Waals surface area contributed by atoms with E-state index >= 15 is 0 Å². The second-order valence-corrected chi connectivity index (χ2v) is 5.59. The number of hydrogen-bond acceptors (Lipinski definition) is 2. The van der Waals surface area contributed by atoms with E-state index in [1.807, 2.05) is 0 Å². The fourth-order valence-corrected chi connectivity index (χ4v) is 2.09. The number of aryl methyl sites for hydroxylation is 1. The second-order valence-electron chi connectivity index (χ2n) is 5.59. The van der Waals surface area contributed by atoms with E-state index in [0.29, 0.717) is 6.54 Å².